The highest BCUT2D eigenvalue weighted by Gasteiger charge is 2.41. The van der Waals surface area contributed by atoms with E-state index in [1.54, 1.807) is 11.8 Å². The summed E-state index contributed by atoms with van der Waals surface area (Å²) in [5.41, 5.74) is 2.85. The van der Waals surface area contributed by atoms with Crippen molar-refractivity contribution in [2.75, 3.05) is 11.1 Å². The first-order valence-electron chi connectivity index (χ1n) is 10.3. The van der Waals surface area contributed by atoms with Gasteiger partial charge in [0.2, 0.25) is 11.1 Å². The summed E-state index contributed by atoms with van der Waals surface area (Å²) in [7, 11) is 0. The fourth-order valence-corrected chi connectivity index (χ4v) is 5.21. The van der Waals surface area contributed by atoms with E-state index in [0.29, 0.717) is 6.42 Å². The zero-order valence-corrected chi connectivity index (χ0v) is 19.6. The molecule has 4 rings (SSSR count). The molecule has 5 nitrogen and oxygen atoms in total. The number of aromatic nitrogens is 3. The highest BCUT2D eigenvalue weighted by Crippen LogP contribution is 2.45. The molecule has 0 bridgehead atoms. The molecule has 1 atom stereocenters. The second-order valence-corrected chi connectivity index (χ2v) is 10.6. The molecule has 1 aliphatic heterocycles. The minimum atomic E-state index is -0.226. The number of hydrogen-bond acceptors (Lipinski definition) is 5. The maximum atomic E-state index is 13.2. The summed E-state index contributed by atoms with van der Waals surface area (Å²) in [5, 5.41) is 9.02. The second-order valence-electron chi connectivity index (χ2n) is 8.63. The predicted molar refractivity (Wildman–Crippen MR) is 121 cm³/mol. The Balaban J connectivity index is 1.73. The number of allylic oxidation sites excluding steroid dienone is 2. The number of fused-ring (bicyclic) bond motifs is 1. The van der Waals surface area contributed by atoms with Gasteiger partial charge in [-0.15, -0.1) is 5.10 Å². The van der Waals surface area contributed by atoms with E-state index in [0.717, 1.165) is 51.0 Å². The Labute approximate surface area is 184 Å². The molecule has 2 aliphatic rings. The molecule has 2 heterocycles. The number of unbranched alkanes of at least 4 members (excludes halogenated alkanes) is 2. The minimum absolute atomic E-state index is 0.0485. The van der Waals surface area contributed by atoms with E-state index < -0.39 is 0 Å². The number of carbonyl (C=O) groups excluding carboxylic acids is 1. The Kier molecular flexibility index (Phi) is 5.89. The first-order valence-corrected chi connectivity index (χ1v) is 12.0. The third-order valence-electron chi connectivity index (χ3n) is 5.48. The first kappa shape index (κ1) is 20.7. The highest BCUT2D eigenvalue weighted by atomic mass is 79.9. The lowest BCUT2D eigenvalue weighted by atomic mass is 9.73. The van der Waals surface area contributed by atoms with Crippen molar-refractivity contribution in [2.45, 2.75) is 64.1 Å². The number of thioether (sulfide) groups is 1. The van der Waals surface area contributed by atoms with Crippen LogP contribution in [0.25, 0.3) is 0 Å². The van der Waals surface area contributed by atoms with Crippen molar-refractivity contribution in [3.05, 3.63) is 45.6 Å². The van der Waals surface area contributed by atoms with Crippen molar-refractivity contribution in [1.82, 2.24) is 14.8 Å². The molecule has 2 aromatic rings. The van der Waals surface area contributed by atoms with Crippen molar-refractivity contribution in [2.24, 2.45) is 5.41 Å². The van der Waals surface area contributed by atoms with E-state index in [1.165, 1.54) is 12.8 Å². The van der Waals surface area contributed by atoms with Crippen molar-refractivity contribution in [3.63, 3.8) is 0 Å². The Morgan fingerprint density at radius 1 is 1.24 bits per heavy atom. The molecular formula is C22H27BrN4OS. The van der Waals surface area contributed by atoms with Gasteiger partial charge >= 0.3 is 0 Å². The number of nitrogens with one attached hydrogen (secondary N) is 1. The molecular weight excluding hydrogens is 448 g/mol. The lowest BCUT2D eigenvalue weighted by Gasteiger charge is -2.38. The molecule has 7 heteroatoms. The Bertz CT molecular complexity index is 948. The largest absolute Gasteiger partial charge is 0.328 e. The zero-order chi connectivity index (χ0) is 20.6. The van der Waals surface area contributed by atoms with Crippen LogP contribution in [0.1, 0.15) is 64.5 Å². The van der Waals surface area contributed by atoms with Crippen LogP contribution < -0.4 is 5.32 Å². The Hall–Kier alpha value is -1.60. The minimum Gasteiger partial charge on any atom is -0.328 e. The average Bonchev–Trinajstić information content (AvgIpc) is 3.06. The maximum Gasteiger partial charge on any atom is 0.227 e. The number of rotatable bonds is 6. The summed E-state index contributed by atoms with van der Waals surface area (Å²) in [6.07, 6.45) is 4.99. The number of benzene rings is 1. The van der Waals surface area contributed by atoms with E-state index in [1.807, 2.05) is 16.8 Å². The third-order valence-corrected chi connectivity index (χ3v) is 6.93. The van der Waals surface area contributed by atoms with Gasteiger partial charge in [0.25, 0.3) is 0 Å². The summed E-state index contributed by atoms with van der Waals surface area (Å²) in [6.45, 7) is 6.51. The van der Waals surface area contributed by atoms with Crippen LogP contribution in [0.5, 0.6) is 0 Å². The van der Waals surface area contributed by atoms with Crippen LogP contribution in [0.4, 0.5) is 5.95 Å². The fraction of sp³-hybridized carbons (Fsp3) is 0.500. The quantitative estimate of drug-likeness (QED) is 0.411. The molecule has 0 amide bonds. The van der Waals surface area contributed by atoms with Crippen LogP contribution in [-0.2, 0) is 4.79 Å². The summed E-state index contributed by atoms with van der Waals surface area (Å²) >= 11 is 5.21. The van der Waals surface area contributed by atoms with E-state index in [9.17, 15) is 4.79 Å². The lowest BCUT2D eigenvalue weighted by Crippen LogP contribution is -2.36. The fourth-order valence-electron chi connectivity index (χ4n) is 4.12. The monoisotopic (exact) mass is 474 g/mol. The van der Waals surface area contributed by atoms with Gasteiger partial charge in [-0.1, -0.05) is 73.4 Å². The number of carbonyl (C=O) groups is 1. The van der Waals surface area contributed by atoms with E-state index in [2.05, 4.69) is 54.2 Å². The summed E-state index contributed by atoms with van der Waals surface area (Å²) in [5.74, 6) is 1.95. The van der Waals surface area contributed by atoms with Crippen LogP contribution in [0, 0.1) is 5.41 Å². The van der Waals surface area contributed by atoms with Gasteiger partial charge in [0, 0.05) is 27.9 Å². The van der Waals surface area contributed by atoms with Crippen LogP contribution in [0.3, 0.4) is 0 Å². The first-order chi connectivity index (χ1) is 13.9. The topological polar surface area (TPSA) is 59.8 Å². The number of anilines is 1. The van der Waals surface area contributed by atoms with Gasteiger partial charge in [0.05, 0.1) is 0 Å². The maximum absolute atomic E-state index is 13.2. The van der Waals surface area contributed by atoms with Crippen LogP contribution in [-0.4, -0.2) is 26.3 Å². The molecule has 0 spiro atoms. The molecule has 29 heavy (non-hydrogen) atoms. The highest BCUT2D eigenvalue weighted by molar-refractivity contribution is 9.10. The SMILES string of the molecule is CCCCCSc1nc2n(n1)[C@@H](c1ccc(Br)cc1)C1=C(CC(C)(C)CC1=O)N2. The molecule has 154 valence electrons. The molecule has 0 radical (unpaired) electrons. The van der Waals surface area contributed by atoms with Gasteiger partial charge in [0.15, 0.2) is 5.78 Å². The number of Topliss-reactive ketones (excluding diaryl/α,β-unsaturated/α-hetero) is 1. The number of nitrogens with zero attached hydrogens (tertiary/aromatic N) is 3. The van der Waals surface area contributed by atoms with Crippen LogP contribution in [0.2, 0.25) is 0 Å². The number of hydrogen-bond donors (Lipinski definition) is 1. The molecule has 0 saturated heterocycles. The number of ketones is 1. The summed E-state index contributed by atoms with van der Waals surface area (Å²) in [4.78, 5) is 17.9. The summed E-state index contributed by atoms with van der Waals surface area (Å²) < 4.78 is 2.92. The van der Waals surface area contributed by atoms with Crippen LogP contribution in [0.15, 0.2) is 45.2 Å². The third kappa shape index (κ3) is 4.31. The molecule has 0 saturated carbocycles. The van der Waals surface area contributed by atoms with Crippen molar-refractivity contribution in [1.29, 1.82) is 0 Å². The standard InChI is InChI=1S/C22H27BrN4OS/c1-4-5-6-11-29-21-25-20-24-16-12-22(2,3)13-17(28)18(16)19(27(20)26-21)14-7-9-15(23)10-8-14/h7-10,19H,4-6,11-13H2,1-3H3,(H,24,25,26)/t19-/m0/s1. The summed E-state index contributed by atoms with van der Waals surface area (Å²) in [6, 6.07) is 7.95. The molecule has 1 N–H and O–H groups in total. The van der Waals surface area contributed by atoms with Gasteiger partial charge in [-0.05, 0) is 36.0 Å². The smallest absolute Gasteiger partial charge is 0.227 e. The van der Waals surface area contributed by atoms with Gasteiger partial charge in [-0.25, -0.2) is 4.68 Å². The molecule has 1 aromatic heterocycles. The van der Waals surface area contributed by atoms with Gasteiger partial charge < -0.3 is 5.32 Å². The normalized spacial score (nSPS) is 20.3. The van der Waals surface area contributed by atoms with E-state index in [4.69, 9.17) is 10.1 Å². The second kappa shape index (κ2) is 8.26. The van der Waals surface area contributed by atoms with Gasteiger partial charge in [-0.3, -0.25) is 4.79 Å². The van der Waals surface area contributed by atoms with Crippen molar-refractivity contribution in [3.8, 4) is 0 Å². The van der Waals surface area contributed by atoms with Crippen molar-refractivity contribution >= 4 is 39.4 Å². The average molecular weight is 475 g/mol. The van der Waals surface area contributed by atoms with E-state index in [-0.39, 0.29) is 17.2 Å². The molecule has 0 unspecified atom stereocenters. The van der Waals surface area contributed by atoms with Crippen molar-refractivity contribution < 1.29 is 4.79 Å². The Morgan fingerprint density at radius 2 is 2.00 bits per heavy atom. The van der Waals surface area contributed by atoms with Gasteiger partial charge in [0.1, 0.15) is 6.04 Å². The zero-order valence-electron chi connectivity index (χ0n) is 17.2. The number of halogens is 1. The Morgan fingerprint density at radius 3 is 2.72 bits per heavy atom. The van der Waals surface area contributed by atoms with E-state index >= 15 is 0 Å². The molecule has 1 aliphatic carbocycles. The van der Waals surface area contributed by atoms with Gasteiger partial charge in [-0.2, -0.15) is 4.98 Å². The van der Waals surface area contributed by atoms with Crippen LogP contribution >= 0.6 is 27.7 Å². The lowest BCUT2D eigenvalue weighted by molar-refractivity contribution is -0.118. The molecule has 1 aromatic carbocycles. The predicted octanol–water partition coefficient (Wildman–Crippen LogP) is 5.98. The molecule has 0 fully saturated rings.